The van der Waals surface area contributed by atoms with Crippen LogP contribution in [0.1, 0.15) is 13.8 Å². The average Bonchev–Trinajstić information content (AvgIpc) is 1.64. The summed E-state index contributed by atoms with van der Waals surface area (Å²) in [6, 6.07) is 0. The zero-order valence-corrected chi connectivity index (χ0v) is 6.77. The topological polar surface area (TPSA) is 20.2 Å². The lowest BCUT2D eigenvalue weighted by Gasteiger charge is -2.11. The van der Waals surface area contributed by atoms with E-state index in [1.807, 2.05) is 6.92 Å². The Balaban J connectivity index is 3.64. The van der Waals surface area contributed by atoms with Gasteiger partial charge < -0.3 is 5.11 Å². The summed E-state index contributed by atoms with van der Waals surface area (Å²) in [7, 11) is 0. The summed E-state index contributed by atoms with van der Waals surface area (Å²) in [5, 5.41) is 8.90. The van der Waals surface area contributed by atoms with Crippen LogP contribution in [0.15, 0.2) is 11.1 Å². The van der Waals surface area contributed by atoms with E-state index in [0.29, 0.717) is 0 Å². The largest absolute Gasteiger partial charge is 0.393 e. The molecule has 0 bridgehead atoms. The van der Waals surface area contributed by atoms with Crippen molar-refractivity contribution in [1.82, 2.24) is 0 Å². The summed E-state index contributed by atoms with van der Waals surface area (Å²) in [6.45, 7) is 7.30. The fourth-order valence-electron chi connectivity index (χ4n) is 0.262. The molecule has 1 N–H and O–H groups in total. The normalized spacial score (nSPS) is 17.5. The third-order valence-electron chi connectivity index (χ3n) is 1.22. The van der Waals surface area contributed by atoms with E-state index in [1.165, 1.54) is 0 Å². The highest BCUT2D eigenvalue weighted by Gasteiger charge is 2.08. The van der Waals surface area contributed by atoms with Gasteiger partial charge in [-0.3, -0.25) is 0 Å². The molecule has 0 radical (unpaired) electrons. The van der Waals surface area contributed by atoms with Crippen molar-refractivity contribution in [3.05, 3.63) is 11.1 Å². The van der Waals surface area contributed by atoms with Gasteiger partial charge in [0, 0.05) is 5.92 Å². The lowest BCUT2D eigenvalue weighted by atomic mass is 10.1. The third-order valence-corrected chi connectivity index (χ3v) is 1.94. The first-order chi connectivity index (χ1) is 3.55. The van der Waals surface area contributed by atoms with Crippen molar-refractivity contribution in [2.24, 2.45) is 5.92 Å². The quantitative estimate of drug-likeness (QED) is 0.686. The van der Waals surface area contributed by atoms with Crippen LogP contribution in [0.4, 0.5) is 0 Å². The minimum Gasteiger partial charge on any atom is -0.393 e. The molecule has 0 amide bonds. The highest BCUT2D eigenvalue weighted by molar-refractivity contribution is 9.11. The standard InChI is InChI=1S/C6H11BrO/c1-4(5(2)7)6(3)8/h4,6,8H,2H2,1,3H3/t4-,6-/m0/s1. The predicted octanol–water partition coefficient (Wildman–Crippen LogP) is 1.91. The van der Waals surface area contributed by atoms with Gasteiger partial charge in [-0.2, -0.15) is 0 Å². The van der Waals surface area contributed by atoms with Crippen LogP contribution in [0.25, 0.3) is 0 Å². The van der Waals surface area contributed by atoms with Crippen molar-refractivity contribution < 1.29 is 5.11 Å². The van der Waals surface area contributed by atoms with Crippen LogP contribution in [0.2, 0.25) is 0 Å². The van der Waals surface area contributed by atoms with Crippen LogP contribution >= 0.6 is 15.9 Å². The molecule has 0 aliphatic heterocycles. The molecule has 0 saturated carbocycles. The van der Waals surface area contributed by atoms with Crippen molar-refractivity contribution >= 4 is 15.9 Å². The van der Waals surface area contributed by atoms with Gasteiger partial charge in [-0.05, 0) is 11.4 Å². The first-order valence-electron chi connectivity index (χ1n) is 2.58. The van der Waals surface area contributed by atoms with Crippen molar-refractivity contribution in [2.75, 3.05) is 0 Å². The average molecular weight is 179 g/mol. The Morgan fingerprint density at radius 2 is 2.00 bits per heavy atom. The molecule has 0 aliphatic carbocycles. The SMILES string of the molecule is C=C(Br)[C@H](C)[C@H](C)O. The summed E-state index contributed by atoms with van der Waals surface area (Å²) in [5.41, 5.74) is 0. The molecule has 8 heavy (non-hydrogen) atoms. The molecular formula is C6H11BrO. The van der Waals surface area contributed by atoms with Crippen LogP contribution in [0.3, 0.4) is 0 Å². The molecule has 0 aromatic rings. The van der Waals surface area contributed by atoms with Gasteiger partial charge in [-0.15, -0.1) is 0 Å². The first-order valence-corrected chi connectivity index (χ1v) is 3.37. The Labute approximate surface area is 58.5 Å². The maximum absolute atomic E-state index is 8.90. The number of aliphatic hydroxyl groups excluding tert-OH is 1. The van der Waals surface area contributed by atoms with E-state index in [2.05, 4.69) is 22.5 Å². The Morgan fingerprint density at radius 3 is 2.00 bits per heavy atom. The van der Waals surface area contributed by atoms with Crippen LogP contribution in [0, 0.1) is 5.92 Å². The molecule has 48 valence electrons. The van der Waals surface area contributed by atoms with Crippen LogP contribution < -0.4 is 0 Å². The second-order valence-corrected chi connectivity index (χ2v) is 2.99. The smallest absolute Gasteiger partial charge is 0.0582 e. The Morgan fingerprint density at radius 1 is 1.62 bits per heavy atom. The second kappa shape index (κ2) is 3.25. The number of hydrogen-bond acceptors (Lipinski definition) is 1. The van der Waals surface area contributed by atoms with E-state index in [-0.39, 0.29) is 12.0 Å². The summed E-state index contributed by atoms with van der Waals surface area (Å²) in [5.74, 6) is 0.148. The highest BCUT2D eigenvalue weighted by Crippen LogP contribution is 2.17. The first kappa shape index (κ1) is 8.18. The molecule has 0 unspecified atom stereocenters. The van der Waals surface area contributed by atoms with E-state index in [0.717, 1.165) is 4.48 Å². The van der Waals surface area contributed by atoms with Crippen molar-refractivity contribution in [1.29, 1.82) is 0 Å². The number of halogens is 1. The molecule has 0 fully saturated rings. The van der Waals surface area contributed by atoms with Gasteiger partial charge in [0.05, 0.1) is 6.10 Å². The summed E-state index contributed by atoms with van der Waals surface area (Å²) < 4.78 is 0.854. The fourth-order valence-corrected chi connectivity index (χ4v) is 0.644. The number of aliphatic hydroxyl groups is 1. The molecule has 0 heterocycles. The number of hydrogen-bond donors (Lipinski definition) is 1. The Hall–Kier alpha value is 0.180. The lowest BCUT2D eigenvalue weighted by Crippen LogP contribution is -2.11. The van der Waals surface area contributed by atoms with Crippen molar-refractivity contribution in [3.63, 3.8) is 0 Å². The van der Waals surface area contributed by atoms with Gasteiger partial charge in [0.2, 0.25) is 0 Å². The molecule has 0 rings (SSSR count). The molecule has 0 spiro atoms. The van der Waals surface area contributed by atoms with Gasteiger partial charge in [0.25, 0.3) is 0 Å². The third kappa shape index (κ3) is 2.48. The monoisotopic (exact) mass is 178 g/mol. The van der Waals surface area contributed by atoms with Crippen LogP contribution in [-0.2, 0) is 0 Å². The minimum absolute atomic E-state index is 0.148. The maximum Gasteiger partial charge on any atom is 0.0582 e. The summed E-state index contributed by atoms with van der Waals surface area (Å²) in [4.78, 5) is 0. The van der Waals surface area contributed by atoms with Gasteiger partial charge in [-0.25, -0.2) is 0 Å². The van der Waals surface area contributed by atoms with Crippen molar-refractivity contribution in [3.8, 4) is 0 Å². The van der Waals surface area contributed by atoms with Gasteiger partial charge in [0.15, 0.2) is 0 Å². The second-order valence-electron chi connectivity index (χ2n) is 1.98. The van der Waals surface area contributed by atoms with E-state index in [9.17, 15) is 0 Å². The molecule has 0 aromatic heterocycles. The molecule has 1 nitrogen and oxygen atoms in total. The van der Waals surface area contributed by atoms with Gasteiger partial charge in [-0.1, -0.05) is 29.4 Å². The zero-order chi connectivity index (χ0) is 6.73. The molecule has 2 heteroatoms. The number of rotatable bonds is 2. The predicted molar refractivity (Wildman–Crippen MR) is 38.9 cm³/mol. The molecule has 0 aromatic carbocycles. The highest BCUT2D eigenvalue weighted by atomic mass is 79.9. The van der Waals surface area contributed by atoms with E-state index < -0.39 is 0 Å². The zero-order valence-electron chi connectivity index (χ0n) is 5.19. The summed E-state index contributed by atoms with van der Waals surface area (Å²) in [6.07, 6.45) is -0.304. The lowest BCUT2D eigenvalue weighted by molar-refractivity contribution is 0.156. The molecule has 0 saturated heterocycles. The van der Waals surface area contributed by atoms with Crippen LogP contribution in [-0.4, -0.2) is 11.2 Å². The fraction of sp³-hybridized carbons (Fsp3) is 0.667. The minimum atomic E-state index is -0.304. The van der Waals surface area contributed by atoms with Crippen LogP contribution in [0.5, 0.6) is 0 Å². The molecule has 2 atom stereocenters. The van der Waals surface area contributed by atoms with E-state index >= 15 is 0 Å². The van der Waals surface area contributed by atoms with E-state index in [4.69, 9.17) is 5.11 Å². The molecular weight excluding hydrogens is 168 g/mol. The maximum atomic E-state index is 8.90. The summed E-state index contributed by atoms with van der Waals surface area (Å²) >= 11 is 3.19. The van der Waals surface area contributed by atoms with Gasteiger partial charge >= 0.3 is 0 Å². The van der Waals surface area contributed by atoms with Gasteiger partial charge in [0.1, 0.15) is 0 Å². The van der Waals surface area contributed by atoms with Crippen molar-refractivity contribution in [2.45, 2.75) is 20.0 Å². The Kier molecular flexibility index (Phi) is 3.33. The molecule has 0 aliphatic rings. The van der Waals surface area contributed by atoms with E-state index in [1.54, 1.807) is 6.92 Å². The Bertz CT molecular complexity index is 88.5.